The van der Waals surface area contributed by atoms with E-state index in [-0.39, 0.29) is 38.4 Å². The first-order chi connectivity index (χ1) is 17.3. The molecule has 200 valence electrons. The van der Waals surface area contributed by atoms with Gasteiger partial charge in [0.2, 0.25) is 11.8 Å². The summed E-state index contributed by atoms with van der Waals surface area (Å²) in [5.74, 6) is -0.0391. The number of unbranched alkanes of at least 4 members (excludes halogenated alkanes) is 2. The molecule has 1 N–H and O–H groups in total. The van der Waals surface area contributed by atoms with E-state index in [1.54, 1.807) is 0 Å². The van der Waals surface area contributed by atoms with Gasteiger partial charge in [-0.1, -0.05) is 51.5 Å². The van der Waals surface area contributed by atoms with E-state index in [2.05, 4.69) is 53.7 Å². The van der Waals surface area contributed by atoms with Gasteiger partial charge in [-0.05, 0) is 61.9 Å². The molecule has 0 fully saturated rings. The van der Waals surface area contributed by atoms with Crippen LogP contribution in [0.15, 0.2) is 36.4 Å². The number of anilines is 1. The highest BCUT2D eigenvalue weighted by Gasteiger charge is 2.29. The van der Waals surface area contributed by atoms with Gasteiger partial charge in [0.1, 0.15) is 0 Å². The average Bonchev–Trinajstić information content (AvgIpc) is 3.40. The highest BCUT2D eigenvalue weighted by Crippen LogP contribution is 2.29. The Morgan fingerprint density at radius 3 is 2.41 bits per heavy atom. The molecule has 0 saturated heterocycles. The van der Waals surface area contributed by atoms with Gasteiger partial charge < -0.3 is 15.1 Å². The van der Waals surface area contributed by atoms with Gasteiger partial charge in [0.15, 0.2) is 0 Å². The van der Waals surface area contributed by atoms with Gasteiger partial charge in [0, 0.05) is 37.8 Å². The maximum absolute atomic E-state index is 13.5. The Bertz CT molecular complexity index is 1220. The minimum Gasteiger partial charge on any atom is -0.355 e. The average molecular weight is 506 g/mol. The Kier molecular flexibility index (Phi) is 9.35. The van der Waals surface area contributed by atoms with Crippen molar-refractivity contribution in [2.24, 2.45) is 7.05 Å². The Morgan fingerprint density at radius 2 is 1.76 bits per heavy atom. The maximum Gasteiger partial charge on any atom is 0.242 e. The predicted octanol–water partition coefficient (Wildman–Crippen LogP) is 4.56. The Balaban J connectivity index is 0.00000380. The van der Waals surface area contributed by atoms with Crippen molar-refractivity contribution in [3.8, 4) is 0 Å². The molecule has 37 heavy (non-hydrogen) atoms. The summed E-state index contributed by atoms with van der Waals surface area (Å²) in [6, 6.07) is 12.7. The molecule has 0 atom stereocenters. The van der Waals surface area contributed by atoms with Crippen molar-refractivity contribution in [1.82, 2.24) is 20.0 Å². The summed E-state index contributed by atoms with van der Waals surface area (Å²) in [7, 11) is 3.82. The predicted molar refractivity (Wildman–Crippen MR) is 152 cm³/mol. The van der Waals surface area contributed by atoms with Crippen LogP contribution in [0.4, 0.5) is 5.69 Å². The third-order valence-electron chi connectivity index (χ3n) is 7.43. The Labute approximate surface area is 221 Å². The molecular weight excluding hydrogens is 462 g/mol. The van der Waals surface area contributed by atoms with Crippen LogP contribution in [-0.4, -0.2) is 59.2 Å². The zero-order valence-corrected chi connectivity index (χ0v) is 22.3. The zero-order chi connectivity index (χ0) is 25.8. The molecule has 0 spiro atoms. The van der Waals surface area contributed by atoms with Crippen molar-refractivity contribution < 1.29 is 9.59 Å². The number of nitrogens with zero attached hydrogens (tertiary/aromatic N) is 4. The van der Waals surface area contributed by atoms with Gasteiger partial charge in [-0.25, -0.2) is 0 Å². The van der Waals surface area contributed by atoms with E-state index >= 15 is 0 Å². The van der Waals surface area contributed by atoms with Crippen LogP contribution in [0.3, 0.4) is 0 Å². The molecule has 2 aromatic carbocycles. The third kappa shape index (κ3) is 6.32. The first-order valence-corrected chi connectivity index (χ1v) is 13.1. The van der Waals surface area contributed by atoms with Gasteiger partial charge in [0.05, 0.1) is 24.3 Å². The van der Waals surface area contributed by atoms with Crippen molar-refractivity contribution in [2.45, 2.75) is 66.3 Å². The molecular formula is C30H43N5O2. The summed E-state index contributed by atoms with van der Waals surface area (Å²) in [6.45, 7) is 7.13. The number of hydrogen-bond donors (Lipinski definition) is 1. The molecule has 2 amide bonds. The van der Waals surface area contributed by atoms with Crippen LogP contribution < -0.4 is 10.2 Å². The lowest BCUT2D eigenvalue weighted by Crippen LogP contribution is -2.47. The lowest BCUT2D eigenvalue weighted by molar-refractivity contribution is -0.130. The second kappa shape index (κ2) is 12.3. The molecule has 0 saturated carbocycles. The van der Waals surface area contributed by atoms with Gasteiger partial charge in [-0.2, -0.15) is 5.10 Å². The molecule has 1 aromatic heterocycles. The van der Waals surface area contributed by atoms with Crippen LogP contribution in [0.2, 0.25) is 0 Å². The van der Waals surface area contributed by atoms with Crippen molar-refractivity contribution in [2.75, 3.05) is 31.6 Å². The molecule has 0 unspecified atom stereocenters. The number of carbonyl (C=O) groups is 2. The highest BCUT2D eigenvalue weighted by molar-refractivity contribution is 5.91. The fraction of sp³-hybridized carbons (Fsp3) is 0.500. The molecule has 0 bridgehead atoms. The summed E-state index contributed by atoms with van der Waals surface area (Å²) in [6.07, 6.45) is 4.90. The normalized spacial score (nSPS) is 12.8. The largest absolute Gasteiger partial charge is 0.355 e. The lowest BCUT2D eigenvalue weighted by atomic mass is 10.1. The van der Waals surface area contributed by atoms with E-state index in [0.29, 0.717) is 6.54 Å². The number of hydrogen-bond acceptors (Lipinski definition) is 4. The van der Waals surface area contributed by atoms with Crippen molar-refractivity contribution in [3.05, 3.63) is 58.8 Å². The topological polar surface area (TPSA) is 70.5 Å². The monoisotopic (exact) mass is 505 g/mol. The standard InChI is InChI=1S/C29H39N5O2.CH4/c1-6-7-10-13-30-28(35)18-34(26-17-27-25(14-20(26)2)21(3)31-33(27)5)19-29(36)32(4)24-15-22-11-8-9-12-23(22)16-24;/h8-9,11-12,14,17,24H,6-7,10,13,15-16,18-19H2,1-5H3,(H,30,35);1H4. The summed E-state index contributed by atoms with van der Waals surface area (Å²) >= 11 is 0. The van der Waals surface area contributed by atoms with Crippen LogP contribution in [0.25, 0.3) is 10.9 Å². The second-order valence-corrected chi connectivity index (χ2v) is 10.1. The van der Waals surface area contributed by atoms with Gasteiger partial charge in [0.25, 0.3) is 0 Å². The lowest BCUT2D eigenvalue weighted by Gasteiger charge is -2.30. The van der Waals surface area contributed by atoms with E-state index in [0.717, 1.165) is 60.0 Å². The van der Waals surface area contributed by atoms with E-state index in [9.17, 15) is 9.59 Å². The number of likely N-dealkylation sites (N-methyl/N-ethyl adjacent to an activating group) is 1. The smallest absolute Gasteiger partial charge is 0.242 e. The fourth-order valence-corrected chi connectivity index (χ4v) is 5.26. The van der Waals surface area contributed by atoms with Gasteiger partial charge in [-0.15, -0.1) is 0 Å². The number of rotatable bonds is 10. The molecule has 1 heterocycles. The van der Waals surface area contributed by atoms with Crippen LogP contribution in [0.5, 0.6) is 0 Å². The maximum atomic E-state index is 13.5. The van der Waals surface area contributed by atoms with Crippen molar-refractivity contribution in [1.29, 1.82) is 0 Å². The molecule has 4 rings (SSSR count). The second-order valence-electron chi connectivity index (χ2n) is 10.1. The quantitative estimate of drug-likeness (QED) is 0.410. The molecule has 7 nitrogen and oxygen atoms in total. The van der Waals surface area contributed by atoms with Crippen LogP contribution in [0.1, 0.15) is 56.0 Å². The Hall–Kier alpha value is -3.35. The summed E-state index contributed by atoms with van der Waals surface area (Å²) in [4.78, 5) is 30.2. The summed E-state index contributed by atoms with van der Waals surface area (Å²) < 4.78 is 1.86. The van der Waals surface area contributed by atoms with E-state index in [1.807, 2.05) is 42.4 Å². The molecule has 1 aliphatic carbocycles. The number of nitrogens with one attached hydrogen (secondary N) is 1. The van der Waals surface area contributed by atoms with Gasteiger partial charge >= 0.3 is 0 Å². The number of aromatic nitrogens is 2. The van der Waals surface area contributed by atoms with Gasteiger partial charge in [-0.3, -0.25) is 14.3 Å². The number of amides is 2. The van der Waals surface area contributed by atoms with Crippen LogP contribution >= 0.6 is 0 Å². The van der Waals surface area contributed by atoms with Crippen LogP contribution in [-0.2, 0) is 29.5 Å². The first kappa shape index (κ1) is 28.2. The molecule has 0 aliphatic heterocycles. The van der Waals surface area contributed by atoms with Crippen LogP contribution in [0, 0.1) is 13.8 Å². The van der Waals surface area contributed by atoms with Crippen molar-refractivity contribution >= 4 is 28.4 Å². The minimum absolute atomic E-state index is 0. The third-order valence-corrected chi connectivity index (χ3v) is 7.43. The van der Waals surface area contributed by atoms with E-state index in [1.165, 1.54) is 11.1 Å². The number of benzene rings is 2. The van der Waals surface area contributed by atoms with E-state index in [4.69, 9.17) is 0 Å². The van der Waals surface area contributed by atoms with Crippen molar-refractivity contribution in [3.63, 3.8) is 0 Å². The molecule has 7 heteroatoms. The molecule has 3 aromatic rings. The Morgan fingerprint density at radius 1 is 1.08 bits per heavy atom. The van der Waals surface area contributed by atoms with E-state index < -0.39 is 0 Å². The first-order valence-electron chi connectivity index (χ1n) is 13.1. The molecule has 1 aliphatic rings. The zero-order valence-electron chi connectivity index (χ0n) is 22.3. The number of fused-ring (bicyclic) bond motifs is 2. The SMILES string of the molecule is C.CCCCCNC(=O)CN(CC(=O)N(C)C1Cc2ccccc2C1)c1cc2c(cc1C)c(C)nn2C. The number of aryl methyl sites for hydroxylation is 3. The molecule has 0 radical (unpaired) electrons. The highest BCUT2D eigenvalue weighted by atomic mass is 16.2. The number of carbonyl (C=O) groups excluding carboxylic acids is 2. The summed E-state index contributed by atoms with van der Waals surface area (Å²) in [5, 5.41) is 8.68. The minimum atomic E-state index is -0.0597. The fourth-order valence-electron chi connectivity index (χ4n) is 5.26. The summed E-state index contributed by atoms with van der Waals surface area (Å²) in [5.41, 5.74) is 6.52.